The van der Waals surface area contributed by atoms with Gasteiger partial charge in [-0.05, 0) is 41.9 Å². The van der Waals surface area contributed by atoms with E-state index in [1.54, 1.807) is 6.92 Å². The van der Waals surface area contributed by atoms with E-state index >= 15 is 0 Å². The summed E-state index contributed by atoms with van der Waals surface area (Å²) in [7, 11) is 0. The van der Waals surface area contributed by atoms with Crippen LogP contribution in [-0.4, -0.2) is 18.1 Å². The Hall–Kier alpha value is -1.72. The lowest BCUT2D eigenvalue weighted by atomic mass is 9.99. The number of nitriles is 1. The zero-order chi connectivity index (χ0) is 16.0. The van der Waals surface area contributed by atoms with Crippen molar-refractivity contribution in [2.24, 2.45) is 5.73 Å². The summed E-state index contributed by atoms with van der Waals surface area (Å²) in [4.78, 5) is 11.4. The molecule has 0 heterocycles. The van der Waals surface area contributed by atoms with Crippen molar-refractivity contribution >= 4 is 17.7 Å². The minimum atomic E-state index is -4.46. The molecule has 0 aliphatic heterocycles. The Bertz CT molecular complexity index is 568. The van der Waals surface area contributed by atoms with Gasteiger partial charge in [0, 0.05) is 11.4 Å². The molecule has 8 heteroatoms. The van der Waals surface area contributed by atoms with Gasteiger partial charge in [-0.3, -0.25) is 4.79 Å². The van der Waals surface area contributed by atoms with E-state index in [0.29, 0.717) is 0 Å². The lowest BCUT2D eigenvalue weighted by Crippen LogP contribution is -2.11. The second-order valence-corrected chi connectivity index (χ2v) is 5.10. The number of ether oxygens (including phenoxy) is 1. The van der Waals surface area contributed by atoms with Crippen LogP contribution in [0.15, 0.2) is 17.0 Å². The third kappa shape index (κ3) is 5.28. The Labute approximate surface area is 124 Å². The highest BCUT2D eigenvalue weighted by Crippen LogP contribution is 2.38. The number of halogens is 3. The summed E-state index contributed by atoms with van der Waals surface area (Å²) in [5.74, 6) is -0.605. The fourth-order valence-electron chi connectivity index (χ4n) is 1.74. The van der Waals surface area contributed by atoms with Gasteiger partial charge in [-0.15, -0.1) is 0 Å². The van der Waals surface area contributed by atoms with E-state index in [0.717, 1.165) is 0 Å². The molecule has 0 aliphatic rings. The van der Waals surface area contributed by atoms with Crippen molar-refractivity contribution in [2.45, 2.75) is 30.3 Å². The van der Waals surface area contributed by atoms with E-state index < -0.39 is 11.5 Å². The quantitative estimate of drug-likeness (QED) is 0.667. The first-order valence-corrected chi connectivity index (χ1v) is 6.79. The highest BCUT2D eigenvalue weighted by Gasteiger charge is 2.30. The van der Waals surface area contributed by atoms with Crippen molar-refractivity contribution in [1.82, 2.24) is 0 Å². The van der Waals surface area contributed by atoms with Crippen LogP contribution in [-0.2, 0) is 22.5 Å². The molecule has 4 nitrogen and oxygen atoms in total. The summed E-state index contributed by atoms with van der Waals surface area (Å²) in [6.45, 7) is 1.68. The molecule has 0 aromatic heterocycles. The number of nitrogens with zero attached hydrogens (tertiary/aromatic N) is 1. The summed E-state index contributed by atoms with van der Waals surface area (Å²) >= 11 is -0.313. The molecule has 0 spiro atoms. The second-order valence-electron chi connectivity index (χ2n) is 3.96. The third-order valence-electron chi connectivity index (χ3n) is 2.48. The fraction of sp³-hybridized carbons (Fsp3) is 0.385. The number of benzene rings is 1. The SMILES string of the molecule is CCOC(=O)Cc1cc(SC(F)(F)F)cc(CN)c1C#N. The van der Waals surface area contributed by atoms with Gasteiger partial charge in [0.1, 0.15) is 0 Å². The molecule has 0 unspecified atom stereocenters. The molecular formula is C13H13F3N2O2S. The van der Waals surface area contributed by atoms with Gasteiger partial charge in [0.05, 0.1) is 24.7 Å². The van der Waals surface area contributed by atoms with Crippen LogP contribution in [0.5, 0.6) is 0 Å². The van der Waals surface area contributed by atoms with Crippen molar-refractivity contribution in [3.05, 3.63) is 28.8 Å². The van der Waals surface area contributed by atoms with Crippen molar-refractivity contribution in [1.29, 1.82) is 5.26 Å². The monoisotopic (exact) mass is 318 g/mol. The second kappa shape index (κ2) is 7.33. The third-order valence-corrected chi connectivity index (χ3v) is 3.18. The van der Waals surface area contributed by atoms with Crippen LogP contribution in [0.4, 0.5) is 13.2 Å². The number of hydrogen-bond acceptors (Lipinski definition) is 5. The molecule has 21 heavy (non-hydrogen) atoms. The molecule has 1 aromatic rings. The smallest absolute Gasteiger partial charge is 0.446 e. The number of carbonyl (C=O) groups excluding carboxylic acids is 1. The zero-order valence-corrected chi connectivity index (χ0v) is 12.0. The molecule has 0 amide bonds. The molecule has 0 bridgehead atoms. The fourth-order valence-corrected chi connectivity index (χ4v) is 2.41. The maximum Gasteiger partial charge on any atom is 0.446 e. The average Bonchev–Trinajstić information content (AvgIpc) is 2.36. The number of carbonyl (C=O) groups is 1. The maximum atomic E-state index is 12.4. The average molecular weight is 318 g/mol. The lowest BCUT2D eigenvalue weighted by molar-refractivity contribution is -0.142. The topological polar surface area (TPSA) is 76.1 Å². The van der Waals surface area contributed by atoms with Gasteiger partial charge in [0.25, 0.3) is 0 Å². The van der Waals surface area contributed by atoms with E-state index in [1.165, 1.54) is 12.1 Å². The van der Waals surface area contributed by atoms with E-state index in [1.807, 2.05) is 6.07 Å². The summed E-state index contributed by atoms with van der Waals surface area (Å²) in [5, 5.41) is 9.11. The van der Waals surface area contributed by atoms with Crippen LogP contribution in [0, 0.1) is 11.3 Å². The van der Waals surface area contributed by atoms with Crippen molar-refractivity contribution < 1.29 is 22.7 Å². The molecule has 0 saturated carbocycles. The Morgan fingerprint density at radius 2 is 2.05 bits per heavy atom. The first-order chi connectivity index (χ1) is 9.80. The first kappa shape index (κ1) is 17.3. The molecular weight excluding hydrogens is 305 g/mol. The van der Waals surface area contributed by atoms with Crippen molar-refractivity contribution in [3.63, 3.8) is 0 Å². The first-order valence-electron chi connectivity index (χ1n) is 5.98. The summed E-state index contributed by atoms with van der Waals surface area (Å²) in [5.41, 5.74) is 1.58. The van der Waals surface area contributed by atoms with E-state index in [9.17, 15) is 18.0 Å². The minimum absolute atomic E-state index is 0.0923. The van der Waals surface area contributed by atoms with Gasteiger partial charge in [-0.2, -0.15) is 18.4 Å². The number of rotatable bonds is 5. The van der Waals surface area contributed by atoms with Crippen LogP contribution in [0.1, 0.15) is 23.6 Å². The molecule has 2 N–H and O–H groups in total. The van der Waals surface area contributed by atoms with Crippen LogP contribution in [0.3, 0.4) is 0 Å². The van der Waals surface area contributed by atoms with Crippen LogP contribution in [0.25, 0.3) is 0 Å². The molecule has 1 rings (SSSR count). The standard InChI is InChI=1S/C13H13F3N2O2S/c1-2-20-12(19)5-8-3-10(21-13(14,15)16)4-9(6-17)11(8)7-18/h3-4H,2,5-6,17H2,1H3. The summed E-state index contributed by atoms with van der Waals surface area (Å²) < 4.78 is 42.1. The van der Waals surface area contributed by atoms with Gasteiger partial charge in [0.15, 0.2) is 0 Å². The normalized spacial score (nSPS) is 11.0. The number of thioether (sulfide) groups is 1. The van der Waals surface area contributed by atoms with Crippen LogP contribution < -0.4 is 5.73 Å². The molecule has 0 saturated heterocycles. The number of alkyl halides is 3. The number of nitrogens with two attached hydrogens (primary N) is 1. The van der Waals surface area contributed by atoms with Gasteiger partial charge >= 0.3 is 11.5 Å². The van der Waals surface area contributed by atoms with Gasteiger partial charge < -0.3 is 10.5 Å². The molecule has 114 valence electrons. The zero-order valence-electron chi connectivity index (χ0n) is 11.2. The minimum Gasteiger partial charge on any atom is -0.466 e. The predicted octanol–water partition coefficient (Wildman–Crippen LogP) is 2.73. The van der Waals surface area contributed by atoms with E-state index in [4.69, 9.17) is 15.7 Å². The van der Waals surface area contributed by atoms with Gasteiger partial charge in [-0.1, -0.05) is 0 Å². The van der Waals surface area contributed by atoms with Crippen molar-refractivity contribution in [2.75, 3.05) is 6.61 Å². The maximum absolute atomic E-state index is 12.4. The van der Waals surface area contributed by atoms with Gasteiger partial charge in [0.2, 0.25) is 0 Å². The number of esters is 1. The molecule has 0 radical (unpaired) electrons. The molecule has 0 fully saturated rings. The Balaban J connectivity index is 3.22. The Kier molecular flexibility index (Phi) is 6.05. The lowest BCUT2D eigenvalue weighted by Gasteiger charge is -2.12. The Morgan fingerprint density at radius 1 is 1.43 bits per heavy atom. The van der Waals surface area contributed by atoms with Crippen LogP contribution in [0.2, 0.25) is 0 Å². The number of hydrogen-bond donors (Lipinski definition) is 1. The van der Waals surface area contributed by atoms with Crippen molar-refractivity contribution in [3.8, 4) is 6.07 Å². The van der Waals surface area contributed by atoms with Gasteiger partial charge in [-0.25, -0.2) is 0 Å². The van der Waals surface area contributed by atoms with E-state index in [2.05, 4.69) is 0 Å². The summed E-state index contributed by atoms with van der Waals surface area (Å²) in [6.07, 6.45) is -0.268. The molecule has 1 aromatic carbocycles. The highest BCUT2D eigenvalue weighted by atomic mass is 32.2. The largest absolute Gasteiger partial charge is 0.466 e. The predicted molar refractivity (Wildman–Crippen MR) is 71.3 cm³/mol. The van der Waals surface area contributed by atoms with Crippen LogP contribution >= 0.6 is 11.8 Å². The van der Waals surface area contributed by atoms with E-state index in [-0.39, 0.29) is 52.9 Å². The summed E-state index contributed by atoms with van der Waals surface area (Å²) in [6, 6.07) is 4.26. The molecule has 0 aliphatic carbocycles. The molecule has 0 atom stereocenters. The highest BCUT2D eigenvalue weighted by molar-refractivity contribution is 8.00. The Morgan fingerprint density at radius 3 is 2.52 bits per heavy atom.